The zero-order valence-corrected chi connectivity index (χ0v) is 13.1. The van der Waals surface area contributed by atoms with Crippen LogP contribution in [-0.4, -0.2) is 26.1 Å². The molecule has 0 amide bonds. The van der Waals surface area contributed by atoms with Crippen LogP contribution in [0.1, 0.15) is 17.4 Å². The number of thioether (sulfide) groups is 1. The molecule has 0 aliphatic rings. The third-order valence-electron chi connectivity index (χ3n) is 3.44. The Balaban J connectivity index is 1.78. The monoisotopic (exact) mass is 311 g/mol. The predicted molar refractivity (Wildman–Crippen MR) is 89.2 cm³/mol. The van der Waals surface area contributed by atoms with E-state index in [0.29, 0.717) is 11.4 Å². The maximum atomic E-state index is 12.1. The van der Waals surface area contributed by atoms with E-state index in [1.165, 1.54) is 11.8 Å². The van der Waals surface area contributed by atoms with Gasteiger partial charge in [0.05, 0.1) is 23.3 Å². The molecule has 0 fully saturated rings. The van der Waals surface area contributed by atoms with E-state index < -0.39 is 0 Å². The Morgan fingerprint density at radius 3 is 2.73 bits per heavy atom. The SMILES string of the molecule is CCn1c(-c2ccccc2)cnc1SCC(=O)c1ccc[nH]1. The minimum Gasteiger partial charge on any atom is -0.359 e. The van der Waals surface area contributed by atoms with Crippen LogP contribution in [0.3, 0.4) is 0 Å². The Morgan fingerprint density at radius 2 is 2.05 bits per heavy atom. The first-order chi connectivity index (χ1) is 10.8. The molecule has 0 aliphatic carbocycles. The summed E-state index contributed by atoms with van der Waals surface area (Å²) in [6.07, 6.45) is 3.64. The Hall–Kier alpha value is -2.27. The first-order valence-electron chi connectivity index (χ1n) is 7.20. The van der Waals surface area contributed by atoms with Crippen LogP contribution < -0.4 is 0 Å². The molecule has 0 atom stereocenters. The average molecular weight is 311 g/mol. The number of aromatic amines is 1. The van der Waals surface area contributed by atoms with Gasteiger partial charge in [-0.3, -0.25) is 4.79 Å². The normalized spacial score (nSPS) is 10.8. The summed E-state index contributed by atoms with van der Waals surface area (Å²) >= 11 is 1.48. The van der Waals surface area contributed by atoms with E-state index in [1.807, 2.05) is 30.5 Å². The molecule has 2 heterocycles. The van der Waals surface area contributed by atoms with E-state index in [4.69, 9.17) is 0 Å². The maximum Gasteiger partial charge on any atom is 0.189 e. The van der Waals surface area contributed by atoms with Gasteiger partial charge in [0.2, 0.25) is 0 Å². The lowest BCUT2D eigenvalue weighted by molar-refractivity contribution is 0.101. The number of imidazole rings is 1. The number of carbonyl (C=O) groups is 1. The number of aromatic nitrogens is 3. The fourth-order valence-corrected chi connectivity index (χ4v) is 3.26. The number of H-pyrrole nitrogens is 1. The Morgan fingerprint density at radius 1 is 1.23 bits per heavy atom. The molecule has 22 heavy (non-hydrogen) atoms. The molecule has 5 heteroatoms. The van der Waals surface area contributed by atoms with E-state index in [2.05, 4.69) is 33.6 Å². The Kier molecular flexibility index (Phi) is 4.44. The molecule has 0 radical (unpaired) electrons. The van der Waals surface area contributed by atoms with Gasteiger partial charge in [-0.05, 0) is 24.6 Å². The fraction of sp³-hybridized carbons (Fsp3) is 0.176. The van der Waals surface area contributed by atoms with Crippen molar-refractivity contribution >= 4 is 17.5 Å². The van der Waals surface area contributed by atoms with Gasteiger partial charge in [0, 0.05) is 12.7 Å². The topological polar surface area (TPSA) is 50.7 Å². The number of benzene rings is 1. The molecule has 0 spiro atoms. The summed E-state index contributed by atoms with van der Waals surface area (Å²) in [7, 11) is 0. The largest absolute Gasteiger partial charge is 0.359 e. The van der Waals surface area contributed by atoms with Gasteiger partial charge in [-0.1, -0.05) is 42.1 Å². The molecule has 3 rings (SSSR count). The lowest BCUT2D eigenvalue weighted by atomic mass is 10.2. The summed E-state index contributed by atoms with van der Waals surface area (Å²) < 4.78 is 2.14. The third kappa shape index (κ3) is 2.99. The van der Waals surface area contributed by atoms with Crippen molar-refractivity contribution in [2.24, 2.45) is 0 Å². The molecule has 3 aromatic rings. The highest BCUT2D eigenvalue weighted by Crippen LogP contribution is 2.26. The van der Waals surface area contributed by atoms with Crippen molar-refractivity contribution in [3.63, 3.8) is 0 Å². The van der Waals surface area contributed by atoms with Crippen LogP contribution in [-0.2, 0) is 6.54 Å². The summed E-state index contributed by atoms with van der Waals surface area (Å²) in [6.45, 7) is 2.91. The van der Waals surface area contributed by atoms with Crippen LogP contribution >= 0.6 is 11.8 Å². The molecule has 1 aromatic carbocycles. The van der Waals surface area contributed by atoms with E-state index in [9.17, 15) is 4.79 Å². The highest BCUT2D eigenvalue weighted by atomic mass is 32.2. The molecule has 112 valence electrons. The van der Waals surface area contributed by atoms with Crippen molar-refractivity contribution in [3.05, 3.63) is 60.6 Å². The van der Waals surface area contributed by atoms with Gasteiger partial charge in [-0.25, -0.2) is 4.98 Å². The number of rotatable bonds is 6. The lowest BCUT2D eigenvalue weighted by Crippen LogP contribution is -2.05. The zero-order chi connectivity index (χ0) is 15.4. The molecular formula is C17H17N3OS. The Labute approximate surface area is 133 Å². The minimum atomic E-state index is 0.0851. The van der Waals surface area contributed by atoms with Crippen molar-refractivity contribution in [3.8, 4) is 11.3 Å². The first kappa shape index (κ1) is 14.7. The molecule has 0 bridgehead atoms. The molecule has 0 saturated heterocycles. The van der Waals surface area contributed by atoms with Crippen molar-refractivity contribution in [1.29, 1.82) is 0 Å². The second kappa shape index (κ2) is 6.66. The van der Waals surface area contributed by atoms with Gasteiger partial charge >= 0.3 is 0 Å². The number of nitrogens with one attached hydrogen (secondary N) is 1. The standard InChI is InChI=1S/C17H17N3OS/c1-2-20-15(13-7-4-3-5-8-13)11-19-17(20)22-12-16(21)14-9-6-10-18-14/h3-11,18H,2,12H2,1H3. The van der Waals surface area contributed by atoms with Crippen LogP contribution in [0, 0.1) is 0 Å². The van der Waals surface area contributed by atoms with E-state index in [0.717, 1.165) is 23.0 Å². The van der Waals surface area contributed by atoms with E-state index in [-0.39, 0.29) is 5.78 Å². The molecule has 0 unspecified atom stereocenters. The average Bonchev–Trinajstić information content (AvgIpc) is 3.22. The van der Waals surface area contributed by atoms with Crippen molar-refractivity contribution in [2.45, 2.75) is 18.6 Å². The number of hydrogen-bond acceptors (Lipinski definition) is 3. The van der Waals surface area contributed by atoms with Crippen LogP contribution in [0.2, 0.25) is 0 Å². The summed E-state index contributed by atoms with van der Waals surface area (Å²) in [5.74, 6) is 0.466. The lowest BCUT2D eigenvalue weighted by Gasteiger charge is -2.08. The third-order valence-corrected chi connectivity index (χ3v) is 4.43. The van der Waals surface area contributed by atoms with E-state index in [1.54, 1.807) is 12.3 Å². The van der Waals surface area contributed by atoms with Gasteiger partial charge in [-0.2, -0.15) is 0 Å². The first-order valence-corrected chi connectivity index (χ1v) is 8.18. The van der Waals surface area contributed by atoms with Gasteiger partial charge in [0.1, 0.15) is 0 Å². The van der Waals surface area contributed by atoms with Crippen LogP contribution in [0.4, 0.5) is 0 Å². The number of ketones is 1. The molecule has 0 saturated carbocycles. The van der Waals surface area contributed by atoms with Gasteiger partial charge < -0.3 is 9.55 Å². The fourth-order valence-electron chi connectivity index (χ4n) is 2.33. The summed E-state index contributed by atoms with van der Waals surface area (Å²) in [5.41, 5.74) is 2.86. The molecule has 4 nitrogen and oxygen atoms in total. The van der Waals surface area contributed by atoms with Gasteiger partial charge in [-0.15, -0.1) is 0 Å². The number of hydrogen-bond donors (Lipinski definition) is 1. The summed E-state index contributed by atoms with van der Waals surface area (Å²) in [5, 5.41) is 0.876. The molecule has 0 aliphatic heterocycles. The van der Waals surface area contributed by atoms with Crippen molar-refractivity contribution in [2.75, 3.05) is 5.75 Å². The Bertz CT molecular complexity index is 748. The van der Waals surface area contributed by atoms with Gasteiger partial charge in [0.15, 0.2) is 10.9 Å². The van der Waals surface area contributed by atoms with Crippen molar-refractivity contribution < 1.29 is 4.79 Å². The molecule has 2 aromatic heterocycles. The highest BCUT2D eigenvalue weighted by Gasteiger charge is 2.13. The second-order valence-electron chi connectivity index (χ2n) is 4.83. The predicted octanol–water partition coefficient (Wildman–Crippen LogP) is 3.87. The highest BCUT2D eigenvalue weighted by molar-refractivity contribution is 7.99. The van der Waals surface area contributed by atoms with Gasteiger partial charge in [0.25, 0.3) is 0 Å². The van der Waals surface area contributed by atoms with Crippen LogP contribution in [0.5, 0.6) is 0 Å². The number of nitrogens with zero attached hydrogens (tertiary/aromatic N) is 2. The minimum absolute atomic E-state index is 0.0851. The summed E-state index contributed by atoms with van der Waals surface area (Å²) in [6, 6.07) is 13.8. The molecule has 1 N–H and O–H groups in total. The smallest absolute Gasteiger partial charge is 0.189 e. The second-order valence-corrected chi connectivity index (χ2v) is 5.77. The quantitative estimate of drug-likeness (QED) is 0.555. The number of Topliss-reactive ketones (excluding diaryl/α,β-unsaturated/α-hetero) is 1. The van der Waals surface area contributed by atoms with Crippen LogP contribution in [0.15, 0.2) is 60.0 Å². The van der Waals surface area contributed by atoms with Crippen molar-refractivity contribution in [1.82, 2.24) is 14.5 Å². The van der Waals surface area contributed by atoms with Crippen LogP contribution in [0.25, 0.3) is 11.3 Å². The van der Waals surface area contributed by atoms with E-state index >= 15 is 0 Å². The maximum absolute atomic E-state index is 12.1. The zero-order valence-electron chi connectivity index (χ0n) is 12.3. The number of carbonyl (C=O) groups excluding carboxylic acids is 1. The summed E-state index contributed by atoms with van der Waals surface area (Å²) in [4.78, 5) is 19.5. The molecular weight excluding hydrogens is 294 g/mol.